The van der Waals surface area contributed by atoms with Crippen LogP contribution in [0.3, 0.4) is 0 Å². The molecule has 1 fully saturated rings. The van der Waals surface area contributed by atoms with Crippen molar-refractivity contribution in [3.63, 3.8) is 0 Å². The van der Waals surface area contributed by atoms with Gasteiger partial charge < -0.3 is 4.74 Å². The highest BCUT2D eigenvalue weighted by molar-refractivity contribution is 7.99. The van der Waals surface area contributed by atoms with Gasteiger partial charge in [-0.1, -0.05) is 0 Å². The summed E-state index contributed by atoms with van der Waals surface area (Å²) in [6, 6.07) is 0.442. The van der Waals surface area contributed by atoms with Crippen molar-refractivity contribution >= 4 is 17.7 Å². The Hall–Kier alpha value is -1.14. The lowest BCUT2D eigenvalue weighted by Gasteiger charge is -2.28. The summed E-state index contributed by atoms with van der Waals surface area (Å²) in [5.74, 6) is 0.388. The number of hydrogen-bond donors (Lipinski definition) is 1. The zero-order valence-electron chi connectivity index (χ0n) is 11.3. The third kappa shape index (κ3) is 4.18. The van der Waals surface area contributed by atoms with Gasteiger partial charge in [0.15, 0.2) is 0 Å². The van der Waals surface area contributed by atoms with Crippen LogP contribution in [0.15, 0.2) is 23.6 Å². The molecule has 5 nitrogen and oxygen atoms in total. The first-order chi connectivity index (χ1) is 9.14. The van der Waals surface area contributed by atoms with Crippen LogP contribution in [-0.4, -0.2) is 39.9 Å². The van der Waals surface area contributed by atoms with Crippen LogP contribution in [0.2, 0.25) is 0 Å². The quantitative estimate of drug-likeness (QED) is 0.605. The van der Waals surface area contributed by atoms with Crippen LogP contribution in [0.25, 0.3) is 0 Å². The number of nitrogens with zero attached hydrogens (tertiary/aromatic N) is 2. The lowest BCUT2D eigenvalue weighted by molar-refractivity contribution is -0.149. The first-order valence-corrected chi connectivity index (χ1v) is 7.46. The summed E-state index contributed by atoms with van der Waals surface area (Å²) in [6.45, 7) is 4.12. The number of nitrogens with one attached hydrogen (secondary N) is 1. The van der Waals surface area contributed by atoms with Crippen LogP contribution in [0, 0.1) is 0 Å². The first kappa shape index (κ1) is 14.3. The molecule has 1 aliphatic rings. The summed E-state index contributed by atoms with van der Waals surface area (Å²) < 4.78 is 5.17. The topological polar surface area (TPSA) is 64.1 Å². The molecule has 2 rings (SSSR count). The second kappa shape index (κ2) is 6.34. The summed E-state index contributed by atoms with van der Waals surface area (Å²) in [5.41, 5.74) is -0.667. The van der Waals surface area contributed by atoms with Gasteiger partial charge in [-0.3, -0.25) is 15.1 Å². The number of ether oxygens (including phenoxy) is 1. The van der Waals surface area contributed by atoms with Crippen molar-refractivity contribution < 1.29 is 9.53 Å². The Balaban J connectivity index is 1.98. The van der Waals surface area contributed by atoms with Crippen molar-refractivity contribution in [1.29, 1.82) is 0 Å². The van der Waals surface area contributed by atoms with Crippen LogP contribution < -0.4 is 5.32 Å². The fourth-order valence-corrected chi connectivity index (χ4v) is 2.61. The zero-order valence-corrected chi connectivity index (χ0v) is 12.1. The molecular formula is C13H19N3O2S. The first-order valence-electron chi connectivity index (χ1n) is 6.48. The molecule has 0 bridgehead atoms. The van der Waals surface area contributed by atoms with Crippen molar-refractivity contribution in [1.82, 2.24) is 15.3 Å². The van der Waals surface area contributed by atoms with Crippen LogP contribution in [0.5, 0.6) is 0 Å². The normalized spacial score (nSPS) is 17.8. The van der Waals surface area contributed by atoms with E-state index in [-0.39, 0.29) is 5.97 Å². The Labute approximate surface area is 117 Å². The van der Waals surface area contributed by atoms with Gasteiger partial charge in [-0.05, 0) is 26.7 Å². The minimum absolute atomic E-state index is 0.196. The minimum atomic E-state index is -0.667. The minimum Gasteiger partial charge on any atom is -0.465 e. The van der Waals surface area contributed by atoms with Crippen LogP contribution >= 0.6 is 11.8 Å². The van der Waals surface area contributed by atoms with Crippen LogP contribution in [0.1, 0.15) is 26.7 Å². The largest absolute Gasteiger partial charge is 0.465 e. The van der Waals surface area contributed by atoms with Gasteiger partial charge in [-0.25, -0.2) is 4.98 Å². The molecule has 1 aromatic heterocycles. The third-order valence-electron chi connectivity index (χ3n) is 2.87. The van der Waals surface area contributed by atoms with Crippen molar-refractivity contribution in [2.45, 2.75) is 43.3 Å². The van der Waals surface area contributed by atoms with Gasteiger partial charge in [0, 0.05) is 24.2 Å². The van der Waals surface area contributed by atoms with E-state index >= 15 is 0 Å². The maximum Gasteiger partial charge on any atom is 0.326 e. The summed E-state index contributed by atoms with van der Waals surface area (Å²) in [5, 5.41) is 4.19. The average Bonchev–Trinajstić information content (AvgIpc) is 3.22. The number of carbonyl (C=O) groups is 1. The molecule has 0 saturated heterocycles. The fraction of sp³-hybridized carbons (Fsp3) is 0.615. The molecule has 0 aliphatic heterocycles. The van der Waals surface area contributed by atoms with Gasteiger partial charge >= 0.3 is 5.97 Å². The lowest BCUT2D eigenvalue weighted by Crippen LogP contribution is -2.53. The number of rotatable bonds is 7. The van der Waals surface area contributed by atoms with E-state index in [4.69, 9.17) is 4.74 Å². The molecule has 0 radical (unpaired) electrons. The molecule has 6 heteroatoms. The number of carbonyl (C=O) groups excluding carboxylic acids is 1. The molecule has 1 unspecified atom stereocenters. The Kier molecular flexibility index (Phi) is 4.76. The van der Waals surface area contributed by atoms with E-state index in [1.807, 2.05) is 13.8 Å². The number of aromatic nitrogens is 2. The maximum atomic E-state index is 12.1. The Morgan fingerprint density at radius 3 is 2.95 bits per heavy atom. The van der Waals surface area contributed by atoms with E-state index in [1.165, 1.54) is 11.8 Å². The lowest BCUT2D eigenvalue weighted by atomic mass is 10.1. The van der Waals surface area contributed by atoms with E-state index < -0.39 is 5.54 Å². The van der Waals surface area contributed by atoms with Gasteiger partial charge in [0.25, 0.3) is 0 Å². The highest BCUT2D eigenvalue weighted by Gasteiger charge is 2.39. The molecule has 0 amide bonds. The number of esters is 1. The molecular weight excluding hydrogens is 262 g/mol. The van der Waals surface area contributed by atoms with Gasteiger partial charge in [0.1, 0.15) is 10.6 Å². The highest BCUT2D eigenvalue weighted by atomic mass is 32.2. The third-order valence-corrected chi connectivity index (χ3v) is 4.10. The van der Waals surface area contributed by atoms with E-state index in [2.05, 4.69) is 15.3 Å². The number of hydrogen-bond acceptors (Lipinski definition) is 6. The fourth-order valence-electron chi connectivity index (χ4n) is 1.71. The Morgan fingerprint density at radius 1 is 1.58 bits per heavy atom. The summed E-state index contributed by atoms with van der Waals surface area (Å²) in [6.07, 6.45) is 7.25. The monoisotopic (exact) mass is 281 g/mol. The van der Waals surface area contributed by atoms with Crippen molar-refractivity contribution in [3.05, 3.63) is 18.6 Å². The van der Waals surface area contributed by atoms with Crippen molar-refractivity contribution in [3.8, 4) is 0 Å². The Morgan fingerprint density at radius 2 is 2.37 bits per heavy atom. The van der Waals surface area contributed by atoms with Crippen LogP contribution in [0.4, 0.5) is 0 Å². The maximum absolute atomic E-state index is 12.1. The molecule has 1 atom stereocenters. The predicted molar refractivity (Wildman–Crippen MR) is 74.0 cm³/mol. The average molecular weight is 281 g/mol. The number of thioether (sulfide) groups is 1. The van der Waals surface area contributed by atoms with E-state index in [1.54, 1.807) is 18.6 Å². The zero-order chi connectivity index (χ0) is 13.7. The second-order valence-electron chi connectivity index (χ2n) is 4.80. The van der Waals surface area contributed by atoms with Gasteiger partial charge in [-0.15, -0.1) is 11.8 Å². The van der Waals surface area contributed by atoms with E-state index in [0.717, 1.165) is 17.9 Å². The van der Waals surface area contributed by atoms with Gasteiger partial charge in [0.05, 0.1) is 12.8 Å². The smallest absolute Gasteiger partial charge is 0.326 e. The standard InChI is InChI=1S/C13H19N3O2S/c1-3-18-12(17)13(2,16-10-4-5-10)9-19-11-8-14-6-7-15-11/h6-8,10,16H,3-5,9H2,1-2H3. The molecule has 1 aliphatic carbocycles. The summed E-state index contributed by atoms with van der Waals surface area (Å²) in [4.78, 5) is 20.3. The molecule has 1 N–H and O–H groups in total. The van der Waals surface area contributed by atoms with Gasteiger partial charge in [-0.2, -0.15) is 0 Å². The molecule has 1 aromatic rings. The molecule has 19 heavy (non-hydrogen) atoms. The molecule has 1 saturated carbocycles. The van der Waals surface area contributed by atoms with E-state index in [0.29, 0.717) is 18.4 Å². The molecule has 0 spiro atoms. The molecule has 104 valence electrons. The summed E-state index contributed by atoms with van der Waals surface area (Å²) >= 11 is 1.51. The highest BCUT2D eigenvalue weighted by Crippen LogP contribution is 2.27. The van der Waals surface area contributed by atoms with Crippen LogP contribution in [-0.2, 0) is 9.53 Å². The predicted octanol–water partition coefficient (Wildman–Crippen LogP) is 1.64. The van der Waals surface area contributed by atoms with Crippen molar-refractivity contribution in [2.24, 2.45) is 0 Å². The SMILES string of the molecule is CCOC(=O)C(C)(CSc1cnccn1)NC1CC1. The van der Waals surface area contributed by atoms with E-state index in [9.17, 15) is 4.79 Å². The second-order valence-corrected chi connectivity index (χ2v) is 5.80. The summed E-state index contributed by atoms with van der Waals surface area (Å²) in [7, 11) is 0. The molecule has 0 aromatic carbocycles. The van der Waals surface area contributed by atoms with Gasteiger partial charge in [0.2, 0.25) is 0 Å². The van der Waals surface area contributed by atoms with Crippen molar-refractivity contribution in [2.75, 3.05) is 12.4 Å². The Bertz CT molecular complexity index is 425. The molecule has 1 heterocycles.